The zero-order chi connectivity index (χ0) is 11.3. The smallest absolute Gasteiger partial charge is 0.253 e. The molecule has 0 radical (unpaired) electrons. The highest BCUT2D eigenvalue weighted by molar-refractivity contribution is 9.09. The highest BCUT2D eigenvalue weighted by Gasteiger charge is 2.13. The fraction of sp³-hybridized carbons (Fsp3) is 0.444. The third kappa shape index (κ3) is 4.31. The molecule has 0 aliphatic heterocycles. The minimum atomic E-state index is -0.155. The van der Waals surface area contributed by atoms with Gasteiger partial charge in [0.2, 0.25) is 0 Å². The van der Waals surface area contributed by atoms with E-state index in [-0.39, 0.29) is 5.91 Å². The van der Waals surface area contributed by atoms with Gasteiger partial charge in [0.1, 0.15) is 4.34 Å². The molecule has 0 aromatic carbocycles. The van der Waals surface area contributed by atoms with Crippen molar-refractivity contribution in [3.8, 4) is 0 Å². The summed E-state index contributed by atoms with van der Waals surface area (Å²) in [6.45, 7) is 0.661. The van der Waals surface area contributed by atoms with E-state index >= 15 is 0 Å². The number of carbonyl (C=O) groups is 1. The van der Waals surface area contributed by atoms with Gasteiger partial charge < -0.3 is 5.32 Å². The average molecular weight is 331 g/mol. The Morgan fingerprint density at radius 3 is 2.73 bits per heavy atom. The molecule has 0 atom stereocenters. The number of halogens is 3. The van der Waals surface area contributed by atoms with Crippen LogP contribution in [0.5, 0.6) is 0 Å². The summed E-state index contributed by atoms with van der Waals surface area (Å²) in [5.74, 6) is -0.155. The molecule has 15 heavy (non-hydrogen) atoms. The van der Waals surface area contributed by atoms with Gasteiger partial charge in [0.15, 0.2) is 0 Å². The highest BCUT2D eigenvalue weighted by Crippen LogP contribution is 2.30. The van der Waals surface area contributed by atoms with E-state index in [0.717, 1.165) is 18.2 Å². The number of amides is 1. The molecule has 84 valence electrons. The molecule has 1 amide bonds. The van der Waals surface area contributed by atoms with Gasteiger partial charge in [-0.05, 0) is 18.9 Å². The molecule has 1 aromatic rings. The Morgan fingerprint density at radius 1 is 1.47 bits per heavy atom. The van der Waals surface area contributed by atoms with E-state index < -0.39 is 0 Å². The number of carbonyl (C=O) groups excluding carboxylic acids is 1. The molecule has 1 heterocycles. The van der Waals surface area contributed by atoms with Gasteiger partial charge in [-0.25, -0.2) is 0 Å². The molecule has 0 fully saturated rings. The lowest BCUT2D eigenvalue weighted by Crippen LogP contribution is -2.24. The van der Waals surface area contributed by atoms with Crippen LogP contribution in [0.2, 0.25) is 8.67 Å². The number of nitrogens with one attached hydrogen (secondary N) is 1. The number of unbranched alkanes of at least 4 members (excludes halogenated alkanes) is 1. The fourth-order valence-electron chi connectivity index (χ4n) is 1.01. The third-order valence-electron chi connectivity index (χ3n) is 1.75. The number of alkyl halides is 1. The summed E-state index contributed by atoms with van der Waals surface area (Å²) in [4.78, 5) is 11.6. The van der Waals surface area contributed by atoms with Crippen molar-refractivity contribution in [3.05, 3.63) is 20.3 Å². The lowest BCUT2D eigenvalue weighted by atomic mass is 10.3. The number of thiophene rings is 1. The average Bonchev–Trinajstić information content (AvgIpc) is 2.52. The standard InChI is InChI=1S/C9H10BrCl2NOS/c10-3-1-2-4-13-9(14)6-5-7(11)15-8(6)12/h5H,1-4H2,(H,13,14). The molecule has 0 aliphatic rings. The molecule has 2 nitrogen and oxygen atoms in total. The van der Waals surface area contributed by atoms with Gasteiger partial charge in [-0.15, -0.1) is 11.3 Å². The van der Waals surface area contributed by atoms with E-state index in [4.69, 9.17) is 23.2 Å². The van der Waals surface area contributed by atoms with E-state index in [9.17, 15) is 4.79 Å². The molecule has 0 saturated heterocycles. The van der Waals surface area contributed by atoms with Crippen LogP contribution in [0.25, 0.3) is 0 Å². The summed E-state index contributed by atoms with van der Waals surface area (Å²) in [5, 5.41) is 3.74. The van der Waals surface area contributed by atoms with Crippen molar-refractivity contribution in [2.24, 2.45) is 0 Å². The summed E-state index contributed by atoms with van der Waals surface area (Å²) in [5.41, 5.74) is 0.463. The number of hydrogen-bond acceptors (Lipinski definition) is 2. The maximum absolute atomic E-state index is 11.6. The van der Waals surface area contributed by atoms with Gasteiger partial charge in [-0.2, -0.15) is 0 Å². The van der Waals surface area contributed by atoms with Gasteiger partial charge in [0.25, 0.3) is 5.91 Å². The maximum Gasteiger partial charge on any atom is 0.253 e. The second-order valence-electron chi connectivity index (χ2n) is 2.89. The summed E-state index contributed by atoms with van der Waals surface area (Å²) < 4.78 is 0.976. The lowest BCUT2D eigenvalue weighted by molar-refractivity contribution is 0.0954. The first-order valence-electron chi connectivity index (χ1n) is 4.44. The van der Waals surface area contributed by atoms with Crippen molar-refractivity contribution in [3.63, 3.8) is 0 Å². The Bertz CT molecular complexity index is 343. The largest absolute Gasteiger partial charge is 0.352 e. The van der Waals surface area contributed by atoms with Crippen LogP contribution in [0.1, 0.15) is 23.2 Å². The molecule has 0 spiro atoms. The van der Waals surface area contributed by atoms with Crippen LogP contribution in [0, 0.1) is 0 Å². The molecule has 0 aliphatic carbocycles. The van der Waals surface area contributed by atoms with Crippen LogP contribution in [-0.2, 0) is 0 Å². The monoisotopic (exact) mass is 329 g/mol. The van der Waals surface area contributed by atoms with Gasteiger partial charge in [0.05, 0.1) is 9.90 Å². The van der Waals surface area contributed by atoms with Crippen molar-refractivity contribution >= 4 is 56.4 Å². The van der Waals surface area contributed by atoms with Crippen LogP contribution in [-0.4, -0.2) is 17.8 Å². The molecular formula is C9H10BrCl2NOS. The zero-order valence-corrected chi connectivity index (χ0v) is 11.8. The molecule has 0 saturated carbocycles. The molecule has 1 N–H and O–H groups in total. The second-order valence-corrected chi connectivity index (χ2v) is 5.97. The Balaban J connectivity index is 2.43. The number of rotatable bonds is 5. The minimum absolute atomic E-state index is 0.155. The van der Waals surface area contributed by atoms with E-state index in [2.05, 4.69) is 21.2 Å². The molecule has 6 heteroatoms. The topological polar surface area (TPSA) is 29.1 Å². The van der Waals surface area contributed by atoms with E-state index in [1.165, 1.54) is 11.3 Å². The van der Waals surface area contributed by atoms with Gasteiger partial charge in [-0.1, -0.05) is 39.1 Å². The molecule has 1 aromatic heterocycles. The summed E-state index contributed by atoms with van der Waals surface area (Å²) in [7, 11) is 0. The van der Waals surface area contributed by atoms with E-state index in [0.29, 0.717) is 20.8 Å². The van der Waals surface area contributed by atoms with Crippen LogP contribution in [0.3, 0.4) is 0 Å². The fourth-order valence-corrected chi connectivity index (χ4v) is 2.87. The second kappa shape index (κ2) is 6.74. The Labute approximate surface area is 111 Å². The summed E-state index contributed by atoms with van der Waals surface area (Å²) in [6.07, 6.45) is 1.99. The van der Waals surface area contributed by atoms with E-state index in [1.807, 2.05) is 0 Å². The molecule has 1 rings (SSSR count). The summed E-state index contributed by atoms with van der Waals surface area (Å²) in [6, 6.07) is 1.59. The third-order valence-corrected chi connectivity index (χ3v) is 3.80. The predicted octanol–water partition coefficient (Wildman–Crippen LogP) is 3.96. The first kappa shape index (κ1) is 13.3. The van der Waals surface area contributed by atoms with Gasteiger partial charge in [-0.3, -0.25) is 4.79 Å². The molecule has 0 bridgehead atoms. The van der Waals surface area contributed by atoms with Crippen molar-refractivity contribution in [2.75, 3.05) is 11.9 Å². The predicted molar refractivity (Wildman–Crippen MR) is 69.7 cm³/mol. The SMILES string of the molecule is O=C(NCCCCBr)c1cc(Cl)sc1Cl. The maximum atomic E-state index is 11.6. The quantitative estimate of drug-likeness (QED) is 0.642. The van der Waals surface area contributed by atoms with E-state index in [1.54, 1.807) is 6.07 Å². The summed E-state index contributed by atoms with van der Waals surface area (Å²) >= 11 is 16.1. The Hall–Kier alpha value is 0.230. The molecule has 0 unspecified atom stereocenters. The van der Waals surface area contributed by atoms with Crippen LogP contribution in [0.4, 0.5) is 0 Å². The number of hydrogen-bond donors (Lipinski definition) is 1. The highest BCUT2D eigenvalue weighted by atomic mass is 79.9. The first-order chi connectivity index (χ1) is 7.15. The minimum Gasteiger partial charge on any atom is -0.352 e. The molecular weight excluding hydrogens is 321 g/mol. The van der Waals surface area contributed by atoms with Crippen molar-refractivity contribution in [1.82, 2.24) is 5.32 Å². The van der Waals surface area contributed by atoms with Crippen molar-refractivity contribution in [1.29, 1.82) is 0 Å². The first-order valence-corrected chi connectivity index (χ1v) is 7.13. The van der Waals surface area contributed by atoms with Crippen LogP contribution >= 0.6 is 50.5 Å². The van der Waals surface area contributed by atoms with Gasteiger partial charge >= 0.3 is 0 Å². The Kier molecular flexibility index (Phi) is 5.97. The van der Waals surface area contributed by atoms with Crippen molar-refractivity contribution in [2.45, 2.75) is 12.8 Å². The van der Waals surface area contributed by atoms with Crippen LogP contribution < -0.4 is 5.32 Å². The Morgan fingerprint density at radius 2 is 2.20 bits per heavy atom. The van der Waals surface area contributed by atoms with Gasteiger partial charge in [0, 0.05) is 11.9 Å². The van der Waals surface area contributed by atoms with Crippen molar-refractivity contribution < 1.29 is 4.79 Å². The lowest BCUT2D eigenvalue weighted by Gasteiger charge is -2.02. The normalized spacial score (nSPS) is 10.3. The van der Waals surface area contributed by atoms with Crippen LogP contribution in [0.15, 0.2) is 6.07 Å². The zero-order valence-electron chi connectivity index (χ0n) is 7.86.